The third kappa shape index (κ3) is 6.14. The highest BCUT2D eigenvalue weighted by atomic mass is 35.5. The number of ether oxygens (including phenoxy) is 1. The quantitative estimate of drug-likeness (QED) is 0.775. The molecular weight excluding hydrogens is 292 g/mol. The van der Waals surface area contributed by atoms with Crippen LogP contribution in [0.3, 0.4) is 0 Å². The van der Waals surface area contributed by atoms with Crippen LogP contribution in [0.5, 0.6) is 0 Å². The van der Waals surface area contributed by atoms with E-state index in [4.69, 9.17) is 5.73 Å². The number of nitrogens with two attached hydrogens (primary N) is 1. The number of amides is 1. The molecule has 0 spiro atoms. The van der Waals surface area contributed by atoms with E-state index < -0.39 is 11.5 Å². The molecule has 6 heteroatoms. The molecule has 0 aliphatic rings. The first-order valence-electron chi connectivity index (χ1n) is 6.52. The van der Waals surface area contributed by atoms with E-state index in [1.807, 2.05) is 30.3 Å². The number of methoxy groups -OCH3 is 1. The number of hydrogen-bond donors (Lipinski definition) is 2. The second kappa shape index (κ2) is 8.64. The molecule has 5 nitrogen and oxygen atoms in total. The SMILES string of the molecule is COC(=O)C(C)(C)CNC(=O)[C@@H](N)Cc1ccccc1.Cl. The molecule has 0 bridgehead atoms. The lowest BCUT2D eigenvalue weighted by molar-refractivity contribution is -0.150. The first-order chi connectivity index (χ1) is 9.36. The van der Waals surface area contributed by atoms with Gasteiger partial charge in [0.1, 0.15) is 0 Å². The molecule has 0 unspecified atom stereocenters. The lowest BCUT2D eigenvalue weighted by atomic mass is 9.93. The van der Waals surface area contributed by atoms with Crippen LogP contribution in [0.4, 0.5) is 0 Å². The van der Waals surface area contributed by atoms with Crippen molar-refractivity contribution < 1.29 is 14.3 Å². The molecule has 118 valence electrons. The van der Waals surface area contributed by atoms with E-state index in [0.717, 1.165) is 5.56 Å². The Bertz CT molecular complexity index is 463. The Labute approximate surface area is 131 Å². The molecule has 0 fully saturated rings. The smallest absolute Gasteiger partial charge is 0.313 e. The van der Waals surface area contributed by atoms with Gasteiger partial charge in [-0.05, 0) is 25.8 Å². The Balaban J connectivity index is 0.00000400. The highest BCUT2D eigenvalue weighted by Gasteiger charge is 2.29. The summed E-state index contributed by atoms with van der Waals surface area (Å²) in [5.41, 5.74) is 6.09. The summed E-state index contributed by atoms with van der Waals surface area (Å²) in [4.78, 5) is 23.4. The molecule has 1 rings (SSSR count). The molecule has 1 amide bonds. The van der Waals surface area contributed by atoms with Crippen LogP contribution in [0.25, 0.3) is 0 Å². The Hall–Kier alpha value is -1.59. The Morgan fingerprint density at radius 3 is 2.38 bits per heavy atom. The predicted octanol–water partition coefficient (Wildman–Crippen LogP) is 1.29. The molecule has 0 saturated heterocycles. The zero-order chi connectivity index (χ0) is 15.2. The van der Waals surface area contributed by atoms with Gasteiger partial charge in [-0.2, -0.15) is 0 Å². The third-order valence-corrected chi connectivity index (χ3v) is 3.08. The largest absolute Gasteiger partial charge is 0.469 e. The molecular formula is C15H23ClN2O3. The van der Waals surface area contributed by atoms with Gasteiger partial charge in [-0.3, -0.25) is 9.59 Å². The van der Waals surface area contributed by atoms with Crippen LogP contribution >= 0.6 is 12.4 Å². The summed E-state index contributed by atoms with van der Waals surface area (Å²) in [7, 11) is 1.33. The minimum atomic E-state index is -0.767. The Kier molecular flexibility index (Phi) is 7.99. The Morgan fingerprint density at radius 2 is 1.86 bits per heavy atom. The van der Waals surface area contributed by atoms with Crippen LogP contribution in [0.15, 0.2) is 30.3 Å². The molecule has 3 N–H and O–H groups in total. The highest BCUT2D eigenvalue weighted by Crippen LogP contribution is 2.15. The van der Waals surface area contributed by atoms with Gasteiger partial charge in [-0.1, -0.05) is 30.3 Å². The standard InChI is InChI=1S/C15H22N2O3.ClH/c1-15(2,14(19)20-3)10-17-13(18)12(16)9-11-7-5-4-6-8-11;/h4-8,12H,9-10,16H2,1-3H3,(H,17,18);1H/t12-;/m0./s1. The Morgan fingerprint density at radius 1 is 1.29 bits per heavy atom. The van der Waals surface area contributed by atoms with Crippen molar-refractivity contribution in [1.82, 2.24) is 5.32 Å². The maximum atomic E-state index is 11.9. The van der Waals surface area contributed by atoms with Crippen molar-refractivity contribution in [3.05, 3.63) is 35.9 Å². The second-order valence-corrected chi connectivity index (χ2v) is 5.39. The van der Waals surface area contributed by atoms with Crippen molar-refractivity contribution >= 4 is 24.3 Å². The van der Waals surface area contributed by atoms with Crippen LogP contribution in [0, 0.1) is 5.41 Å². The lowest BCUT2D eigenvalue weighted by Gasteiger charge is -2.22. The van der Waals surface area contributed by atoms with E-state index in [9.17, 15) is 9.59 Å². The van der Waals surface area contributed by atoms with Gasteiger partial charge in [0, 0.05) is 6.54 Å². The van der Waals surface area contributed by atoms with Crippen molar-refractivity contribution in [3.63, 3.8) is 0 Å². The molecule has 1 aromatic rings. The van der Waals surface area contributed by atoms with Crippen LogP contribution in [0.2, 0.25) is 0 Å². The minimum absolute atomic E-state index is 0. The summed E-state index contributed by atoms with van der Waals surface area (Å²) in [5, 5.41) is 2.69. The van der Waals surface area contributed by atoms with Gasteiger partial charge in [0.05, 0.1) is 18.6 Å². The van der Waals surface area contributed by atoms with Crippen molar-refractivity contribution in [2.75, 3.05) is 13.7 Å². The number of esters is 1. The predicted molar refractivity (Wildman–Crippen MR) is 84.2 cm³/mol. The molecule has 21 heavy (non-hydrogen) atoms. The molecule has 1 aromatic carbocycles. The van der Waals surface area contributed by atoms with Crippen molar-refractivity contribution in [3.8, 4) is 0 Å². The number of carbonyl (C=O) groups excluding carboxylic acids is 2. The summed E-state index contributed by atoms with van der Waals surface area (Å²) < 4.78 is 4.68. The first-order valence-corrected chi connectivity index (χ1v) is 6.52. The average molecular weight is 315 g/mol. The van der Waals surface area contributed by atoms with Crippen molar-refractivity contribution in [2.24, 2.45) is 11.1 Å². The van der Waals surface area contributed by atoms with Crippen LogP contribution < -0.4 is 11.1 Å². The number of carbonyl (C=O) groups is 2. The molecule has 0 aliphatic carbocycles. The van der Waals surface area contributed by atoms with Crippen molar-refractivity contribution in [2.45, 2.75) is 26.3 Å². The fourth-order valence-electron chi connectivity index (χ4n) is 1.75. The molecule has 0 aliphatic heterocycles. The van der Waals surface area contributed by atoms with Gasteiger partial charge in [-0.15, -0.1) is 12.4 Å². The number of rotatable bonds is 6. The van der Waals surface area contributed by atoms with Crippen LogP contribution in [-0.4, -0.2) is 31.6 Å². The van der Waals surface area contributed by atoms with E-state index in [-0.39, 0.29) is 30.8 Å². The molecule has 0 saturated carbocycles. The number of hydrogen-bond acceptors (Lipinski definition) is 4. The van der Waals surface area contributed by atoms with E-state index in [0.29, 0.717) is 6.42 Å². The van der Waals surface area contributed by atoms with Gasteiger partial charge < -0.3 is 15.8 Å². The number of benzene rings is 1. The van der Waals surface area contributed by atoms with Crippen molar-refractivity contribution in [1.29, 1.82) is 0 Å². The number of halogens is 1. The first kappa shape index (κ1) is 19.4. The third-order valence-electron chi connectivity index (χ3n) is 3.08. The maximum absolute atomic E-state index is 11.9. The summed E-state index contributed by atoms with van der Waals surface area (Å²) >= 11 is 0. The van der Waals surface area contributed by atoms with Gasteiger partial charge in [0.25, 0.3) is 0 Å². The van der Waals surface area contributed by atoms with Gasteiger partial charge in [0.2, 0.25) is 5.91 Å². The zero-order valence-electron chi connectivity index (χ0n) is 12.6. The topological polar surface area (TPSA) is 81.4 Å². The average Bonchev–Trinajstić information content (AvgIpc) is 2.44. The van der Waals surface area contributed by atoms with E-state index in [1.54, 1.807) is 13.8 Å². The molecule has 0 heterocycles. The molecule has 0 radical (unpaired) electrons. The normalized spacial score (nSPS) is 12.0. The summed E-state index contributed by atoms with van der Waals surface area (Å²) in [6, 6.07) is 8.93. The highest BCUT2D eigenvalue weighted by molar-refractivity contribution is 5.85. The molecule has 0 aromatic heterocycles. The minimum Gasteiger partial charge on any atom is -0.469 e. The summed E-state index contributed by atoms with van der Waals surface area (Å²) in [6.07, 6.45) is 0.464. The summed E-state index contributed by atoms with van der Waals surface area (Å²) in [5.74, 6) is -0.639. The molecule has 1 atom stereocenters. The maximum Gasteiger partial charge on any atom is 0.313 e. The van der Waals surface area contributed by atoms with E-state index in [2.05, 4.69) is 10.1 Å². The lowest BCUT2D eigenvalue weighted by Crippen LogP contribution is -2.47. The number of nitrogens with one attached hydrogen (secondary N) is 1. The van der Waals surface area contributed by atoms with E-state index >= 15 is 0 Å². The van der Waals surface area contributed by atoms with Crippen LogP contribution in [0.1, 0.15) is 19.4 Å². The summed E-state index contributed by atoms with van der Waals surface area (Å²) in [6.45, 7) is 3.62. The fraction of sp³-hybridized carbons (Fsp3) is 0.467. The zero-order valence-corrected chi connectivity index (χ0v) is 13.4. The second-order valence-electron chi connectivity index (χ2n) is 5.39. The van der Waals surface area contributed by atoms with E-state index in [1.165, 1.54) is 7.11 Å². The van der Waals surface area contributed by atoms with Gasteiger partial charge in [-0.25, -0.2) is 0 Å². The monoisotopic (exact) mass is 314 g/mol. The fourth-order valence-corrected chi connectivity index (χ4v) is 1.75. The van der Waals surface area contributed by atoms with Gasteiger partial charge in [0.15, 0.2) is 0 Å². The van der Waals surface area contributed by atoms with Crippen LogP contribution in [-0.2, 0) is 20.7 Å². The van der Waals surface area contributed by atoms with Gasteiger partial charge >= 0.3 is 5.97 Å².